The second-order valence-corrected chi connectivity index (χ2v) is 7.80. The molecule has 3 heterocycles. The van der Waals surface area contributed by atoms with Gasteiger partial charge in [-0.1, -0.05) is 11.3 Å². The molecular weight excluding hydrogens is 406 g/mol. The number of halogens is 1. The number of thiazole rings is 1. The van der Waals surface area contributed by atoms with E-state index in [2.05, 4.69) is 31.2 Å². The van der Waals surface area contributed by atoms with E-state index < -0.39 is 0 Å². The van der Waals surface area contributed by atoms with Crippen molar-refractivity contribution in [2.24, 2.45) is 11.7 Å². The topological polar surface area (TPSA) is 101 Å². The first-order valence-electron chi connectivity index (χ1n) is 7.88. The van der Waals surface area contributed by atoms with E-state index in [1.807, 2.05) is 19.1 Å². The molecule has 0 unspecified atom stereocenters. The van der Waals surface area contributed by atoms with Gasteiger partial charge >= 0.3 is 0 Å². The number of hydrogen-bond acceptors (Lipinski definition) is 6. The minimum atomic E-state index is -0.283. The van der Waals surface area contributed by atoms with Crippen molar-refractivity contribution in [3.8, 4) is 0 Å². The van der Waals surface area contributed by atoms with Crippen LogP contribution in [0, 0.1) is 12.8 Å². The quantitative estimate of drug-likeness (QED) is 0.786. The average Bonchev–Trinajstić information content (AvgIpc) is 2.96. The van der Waals surface area contributed by atoms with Crippen molar-refractivity contribution in [2.75, 3.05) is 18.4 Å². The van der Waals surface area contributed by atoms with Crippen LogP contribution in [0.2, 0.25) is 0 Å². The molecule has 2 amide bonds. The Morgan fingerprint density at radius 2 is 2.08 bits per heavy atom. The normalized spacial score (nSPS) is 15.2. The fraction of sp³-hybridized carbons (Fsp3) is 0.375. The summed E-state index contributed by atoms with van der Waals surface area (Å²) in [5.74, 6) is 0.204. The highest BCUT2D eigenvalue weighted by Crippen LogP contribution is 2.28. The van der Waals surface area contributed by atoms with Crippen LogP contribution < -0.4 is 11.1 Å². The van der Waals surface area contributed by atoms with Gasteiger partial charge in [0, 0.05) is 29.7 Å². The number of anilines is 2. The van der Waals surface area contributed by atoms with Crippen molar-refractivity contribution < 1.29 is 9.59 Å². The van der Waals surface area contributed by atoms with E-state index >= 15 is 0 Å². The number of piperidine rings is 1. The summed E-state index contributed by atoms with van der Waals surface area (Å²) in [4.78, 5) is 35.0. The maximum Gasteiger partial charge on any atom is 0.265 e. The molecule has 1 fully saturated rings. The lowest BCUT2D eigenvalue weighted by atomic mass is 9.96. The monoisotopic (exact) mass is 423 g/mol. The van der Waals surface area contributed by atoms with E-state index in [-0.39, 0.29) is 17.7 Å². The Bertz CT molecular complexity index is 784. The predicted octanol–water partition coefficient (Wildman–Crippen LogP) is 2.69. The van der Waals surface area contributed by atoms with E-state index in [0.29, 0.717) is 47.5 Å². The number of carbonyl (C=O) groups is 2. The maximum atomic E-state index is 12.7. The third-order valence-corrected chi connectivity index (χ3v) is 5.67. The summed E-state index contributed by atoms with van der Waals surface area (Å²) in [6.07, 6.45) is 2.93. The summed E-state index contributed by atoms with van der Waals surface area (Å²) < 4.78 is 0.892. The van der Waals surface area contributed by atoms with E-state index in [0.717, 1.165) is 4.47 Å². The summed E-state index contributed by atoms with van der Waals surface area (Å²) in [7, 11) is 0. The Morgan fingerprint density at radius 3 is 2.68 bits per heavy atom. The largest absolute Gasteiger partial charge is 0.369 e. The molecule has 25 heavy (non-hydrogen) atoms. The van der Waals surface area contributed by atoms with Gasteiger partial charge in [0.25, 0.3) is 5.91 Å². The molecule has 0 aliphatic carbocycles. The lowest BCUT2D eigenvalue weighted by Gasteiger charge is -2.30. The van der Waals surface area contributed by atoms with Crippen LogP contribution in [-0.4, -0.2) is 39.8 Å². The SMILES string of the molecule is Cc1nc(Nc2ccc(Br)cn2)sc1C(=O)N1CCC(C(N)=O)CC1. The fourth-order valence-corrected chi connectivity index (χ4v) is 3.89. The van der Waals surface area contributed by atoms with Crippen molar-refractivity contribution in [2.45, 2.75) is 19.8 Å². The van der Waals surface area contributed by atoms with E-state index in [9.17, 15) is 9.59 Å². The number of hydrogen-bond donors (Lipinski definition) is 2. The minimum absolute atomic E-state index is 0.0465. The first kappa shape index (κ1) is 17.8. The van der Waals surface area contributed by atoms with Crippen LogP contribution in [0.15, 0.2) is 22.8 Å². The van der Waals surface area contributed by atoms with Gasteiger partial charge in [-0.05, 0) is 47.8 Å². The molecule has 0 atom stereocenters. The van der Waals surface area contributed by atoms with E-state index in [1.165, 1.54) is 11.3 Å². The highest BCUT2D eigenvalue weighted by molar-refractivity contribution is 9.10. The lowest BCUT2D eigenvalue weighted by molar-refractivity contribution is -0.123. The molecule has 0 spiro atoms. The molecule has 0 bridgehead atoms. The van der Waals surface area contributed by atoms with Crippen LogP contribution in [0.3, 0.4) is 0 Å². The van der Waals surface area contributed by atoms with Gasteiger partial charge in [-0.25, -0.2) is 9.97 Å². The molecule has 0 radical (unpaired) electrons. The van der Waals surface area contributed by atoms with Crippen LogP contribution in [0.1, 0.15) is 28.2 Å². The van der Waals surface area contributed by atoms with Crippen molar-refractivity contribution in [3.63, 3.8) is 0 Å². The number of nitrogens with two attached hydrogens (primary N) is 1. The first-order chi connectivity index (χ1) is 11.9. The van der Waals surface area contributed by atoms with Crippen LogP contribution in [-0.2, 0) is 4.79 Å². The van der Waals surface area contributed by atoms with Crippen LogP contribution in [0.5, 0.6) is 0 Å². The summed E-state index contributed by atoms with van der Waals surface area (Å²) in [6.45, 7) is 2.90. The van der Waals surface area contributed by atoms with Gasteiger partial charge < -0.3 is 16.0 Å². The number of primary amides is 1. The summed E-state index contributed by atoms with van der Waals surface area (Å²) in [5, 5.41) is 3.74. The van der Waals surface area contributed by atoms with Gasteiger partial charge in [-0.15, -0.1) is 0 Å². The summed E-state index contributed by atoms with van der Waals surface area (Å²) in [6, 6.07) is 3.71. The molecule has 1 aliphatic rings. The molecule has 132 valence electrons. The number of aromatic nitrogens is 2. The predicted molar refractivity (Wildman–Crippen MR) is 99.9 cm³/mol. The smallest absolute Gasteiger partial charge is 0.265 e. The average molecular weight is 424 g/mol. The van der Waals surface area contributed by atoms with Gasteiger partial charge in [0.05, 0.1) is 5.69 Å². The number of nitrogens with one attached hydrogen (secondary N) is 1. The van der Waals surface area contributed by atoms with Gasteiger partial charge in [0.1, 0.15) is 10.7 Å². The zero-order valence-corrected chi connectivity index (χ0v) is 16.1. The molecule has 9 heteroatoms. The number of likely N-dealkylation sites (tertiary alicyclic amines) is 1. The highest BCUT2D eigenvalue weighted by atomic mass is 79.9. The Kier molecular flexibility index (Phi) is 5.33. The second kappa shape index (κ2) is 7.49. The van der Waals surface area contributed by atoms with Crippen molar-refractivity contribution >= 4 is 50.0 Å². The molecular formula is C16H18BrN5O2S. The lowest BCUT2D eigenvalue weighted by Crippen LogP contribution is -2.41. The zero-order chi connectivity index (χ0) is 18.0. The van der Waals surface area contributed by atoms with Gasteiger partial charge in [-0.2, -0.15) is 0 Å². The van der Waals surface area contributed by atoms with E-state index in [1.54, 1.807) is 11.1 Å². The number of pyridine rings is 1. The minimum Gasteiger partial charge on any atom is -0.369 e. The Balaban J connectivity index is 1.68. The van der Waals surface area contributed by atoms with E-state index in [4.69, 9.17) is 5.73 Å². The molecule has 2 aromatic heterocycles. The first-order valence-corrected chi connectivity index (χ1v) is 9.49. The van der Waals surface area contributed by atoms with Crippen molar-refractivity contribution in [1.82, 2.24) is 14.9 Å². The number of rotatable bonds is 4. The Morgan fingerprint density at radius 1 is 1.36 bits per heavy atom. The third kappa shape index (κ3) is 4.16. The summed E-state index contributed by atoms with van der Waals surface area (Å²) >= 11 is 4.65. The molecule has 3 rings (SSSR count). The van der Waals surface area contributed by atoms with Crippen molar-refractivity contribution in [3.05, 3.63) is 33.4 Å². The number of nitrogens with zero attached hydrogens (tertiary/aromatic N) is 3. The Hall–Kier alpha value is -2.00. The van der Waals surface area contributed by atoms with Crippen molar-refractivity contribution in [1.29, 1.82) is 0 Å². The highest BCUT2D eigenvalue weighted by Gasteiger charge is 2.28. The standard InChI is InChI=1S/C16H18BrN5O2S/c1-9-13(15(24)22-6-4-10(5-7-22)14(18)23)25-16(20-9)21-12-3-2-11(17)8-19-12/h2-3,8,10H,4-7H2,1H3,(H2,18,23)(H,19,20,21). The molecule has 7 nitrogen and oxygen atoms in total. The molecule has 1 saturated heterocycles. The molecule has 2 aromatic rings. The summed E-state index contributed by atoms with van der Waals surface area (Å²) in [5.41, 5.74) is 6.03. The Labute approximate surface area is 157 Å². The maximum absolute atomic E-state index is 12.7. The van der Waals surface area contributed by atoms with Crippen LogP contribution in [0.4, 0.5) is 10.9 Å². The number of carbonyl (C=O) groups excluding carboxylic acids is 2. The van der Waals surface area contributed by atoms with Gasteiger partial charge in [0.15, 0.2) is 5.13 Å². The number of amides is 2. The fourth-order valence-electron chi connectivity index (χ4n) is 2.72. The van der Waals surface area contributed by atoms with Crippen LogP contribution in [0.25, 0.3) is 0 Å². The van der Waals surface area contributed by atoms with Gasteiger partial charge in [0.2, 0.25) is 5.91 Å². The van der Waals surface area contributed by atoms with Gasteiger partial charge in [-0.3, -0.25) is 9.59 Å². The third-order valence-electron chi connectivity index (χ3n) is 4.14. The molecule has 3 N–H and O–H groups in total. The number of aryl methyl sites for hydroxylation is 1. The second-order valence-electron chi connectivity index (χ2n) is 5.89. The molecule has 0 saturated carbocycles. The molecule has 0 aromatic carbocycles. The van der Waals surface area contributed by atoms with Crippen LogP contribution >= 0.6 is 27.3 Å². The zero-order valence-electron chi connectivity index (χ0n) is 13.7. The molecule has 1 aliphatic heterocycles.